The van der Waals surface area contributed by atoms with Crippen LogP contribution in [0.5, 0.6) is 5.75 Å². The number of hydrogen-bond donors (Lipinski definition) is 2. The molecule has 0 saturated carbocycles. The molecule has 0 radical (unpaired) electrons. The molecule has 84 valence electrons. The minimum absolute atomic E-state index is 0.116. The van der Waals surface area contributed by atoms with Gasteiger partial charge < -0.3 is 15.7 Å². The van der Waals surface area contributed by atoms with Crippen LogP contribution in [0.3, 0.4) is 0 Å². The van der Waals surface area contributed by atoms with E-state index in [-0.39, 0.29) is 18.1 Å². The number of anilines is 1. The van der Waals surface area contributed by atoms with Gasteiger partial charge in [0.15, 0.2) is 0 Å². The Morgan fingerprint density at radius 2 is 2.00 bits per heavy atom. The molecule has 16 heavy (non-hydrogen) atoms. The molecule has 0 spiro atoms. The van der Waals surface area contributed by atoms with E-state index in [0.717, 1.165) is 0 Å². The van der Waals surface area contributed by atoms with E-state index in [9.17, 15) is 9.59 Å². The first-order valence-corrected chi connectivity index (χ1v) is 4.96. The molecule has 5 nitrogen and oxygen atoms in total. The molecule has 1 aromatic carbocycles. The lowest BCUT2D eigenvalue weighted by atomic mass is 10.1. The van der Waals surface area contributed by atoms with Gasteiger partial charge in [0.2, 0.25) is 11.8 Å². The zero-order valence-electron chi connectivity index (χ0n) is 8.59. The second kappa shape index (κ2) is 3.84. The van der Waals surface area contributed by atoms with E-state index in [4.69, 9.17) is 10.8 Å². The zero-order valence-corrected chi connectivity index (χ0v) is 8.59. The number of rotatable bonds is 2. The normalized spacial score (nSPS) is 20.1. The monoisotopic (exact) mass is 220 g/mol. The number of aromatic hydroxyl groups is 1. The van der Waals surface area contributed by atoms with Crippen molar-refractivity contribution in [2.45, 2.75) is 6.42 Å². The summed E-state index contributed by atoms with van der Waals surface area (Å²) >= 11 is 0. The Morgan fingerprint density at radius 3 is 2.50 bits per heavy atom. The fraction of sp³-hybridized carbons (Fsp3) is 0.273. The molecule has 2 rings (SSSR count). The molecular weight excluding hydrogens is 208 g/mol. The largest absolute Gasteiger partial charge is 0.508 e. The van der Waals surface area contributed by atoms with Gasteiger partial charge in [-0.3, -0.25) is 9.59 Å². The summed E-state index contributed by atoms with van der Waals surface area (Å²) in [6.07, 6.45) is 0.163. The number of amides is 2. The maximum Gasteiger partial charge on any atom is 0.227 e. The standard InChI is InChI=1S/C11H12N2O3/c12-11(16)7-5-10(15)13(6-7)8-1-3-9(14)4-2-8/h1-4,7,14H,5-6H2,(H2,12,16). The molecule has 1 aromatic rings. The Bertz CT molecular complexity index is 427. The van der Waals surface area contributed by atoms with E-state index < -0.39 is 11.8 Å². The fourth-order valence-corrected chi connectivity index (χ4v) is 1.78. The quantitative estimate of drug-likeness (QED) is 0.748. The van der Waals surface area contributed by atoms with Crippen LogP contribution in [-0.4, -0.2) is 23.5 Å². The van der Waals surface area contributed by atoms with E-state index in [1.165, 1.54) is 17.0 Å². The van der Waals surface area contributed by atoms with E-state index >= 15 is 0 Å². The first-order valence-electron chi connectivity index (χ1n) is 4.96. The predicted molar refractivity (Wildman–Crippen MR) is 57.8 cm³/mol. The molecule has 0 aromatic heterocycles. The number of phenolic OH excluding ortho intramolecular Hbond substituents is 1. The van der Waals surface area contributed by atoms with Gasteiger partial charge in [-0.25, -0.2) is 0 Å². The lowest BCUT2D eigenvalue weighted by molar-refractivity contribution is -0.123. The molecule has 1 aliphatic rings. The molecule has 1 fully saturated rings. The molecule has 0 aliphatic carbocycles. The minimum Gasteiger partial charge on any atom is -0.508 e. The van der Waals surface area contributed by atoms with Gasteiger partial charge in [0.1, 0.15) is 5.75 Å². The van der Waals surface area contributed by atoms with Crippen molar-refractivity contribution >= 4 is 17.5 Å². The SMILES string of the molecule is NC(=O)C1CC(=O)N(c2ccc(O)cc2)C1. The highest BCUT2D eigenvalue weighted by atomic mass is 16.3. The van der Waals surface area contributed by atoms with Crippen molar-refractivity contribution in [3.63, 3.8) is 0 Å². The molecule has 2 amide bonds. The third kappa shape index (κ3) is 1.84. The summed E-state index contributed by atoms with van der Waals surface area (Å²) in [5.41, 5.74) is 5.84. The van der Waals surface area contributed by atoms with Crippen molar-refractivity contribution in [3.8, 4) is 5.75 Å². The summed E-state index contributed by atoms with van der Waals surface area (Å²) in [6.45, 7) is 0.318. The first-order chi connectivity index (χ1) is 7.58. The van der Waals surface area contributed by atoms with Gasteiger partial charge in [-0.2, -0.15) is 0 Å². The molecule has 1 unspecified atom stereocenters. The van der Waals surface area contributed by atoms with E-state index in [0.29, 0.717) is 12.2 Å². The second-order valence-corrected chi connectivity index (χ2v) is 3.82. The third-order valence-electron chi connectivity index (χ3n) is 2.69. The molecule has 1 saturated heterocycles. The van der Waals surface area contributed by atoms with E-state index in [1.54, 1.807) is 12.1 Å². The van der Waals surface area contributed by atoms with Crippen LogP contribution >= 0.6 is 0 Å². The summed E-state index contributed by atoms with van der Waals surface area (Å²) < 4.78 is 0. The van der Waals surface area contributed by atoms with Crippen LogP contribution < -0.4 is 10.6 Å². The summed E-state index contributed by atoms with van der Waals surface area (Å²) in [4.78, 5) is 24.1. The molecule has 3 N–H and O–H groups in total. The summed E-state index contributed by atoms with van der Waals surface area (Å²) in [5.74, 6) is -0.840. The first kappa shape index (κ1) is 10.5. The van der Waals surface area contributed by atoms with E-state index in [2.05, 4.69) is 0 Å². The Kier molecular flexibility index (Phi) is 2.52. The molecular formula is C11H12N2O3. The van der Waals surface area contributed by atoms with Crippen LogP contribution in [0.4, 0.5) is 5.69 Å². The van der Waals surface area contributed by atoms with Crippen molar-refractivity contribution in [3.05, 3.63) is 24.3 Å². The Hall–Kier alpha value is -2.04. The number of carbonyl (C=O) groups excluding carboxylic acids is 2. The maximum atomic E-state index is 11.6. The average molecular weight is 220 g/mol. The topological polar surface area (TPSA) is 83.6 Å². The fourth-order valence-electron chi connectivity index (χ4n) is 1.78. The smallest absolute Gasteiger partial charge is 0.227 e. The second-order valence-electron chi connectivity index (χ2n) is 3.82. The number of benzene rings is 1. The molecule has 1 heterocycles. The van der Waals surface area contributed by atoms with Gasteiger partial charge in [0.25, 0.3) is 0 Å². The Labute approximate surface area is 92.5 Å². The van der Waals surface area contributed by atoms with Crippen LogP contribution in [0.15, 0.2) is 24.3 Å². The lowest BCUT2D eigenvalue weighted by Crippen LogP contribution is -2.28. The van der Waals surface area contributed by atoms with Crippen LogP contribution in [0.1, 0.15) is 6.42 Å². The highest BCUT2D eigenvalue weighted by Gasteiger charge is 2.33. The van der Waals surface area contributed by atoms with Crippen LogP contribution in [0, 0.1) is 5.92 Å². The Balaban J connectivity index is 2.20. The third-order valence-corrected chi connectivity index (χ3v) is 2.69. The number of phenols is 1. The highest BCUT2D eigenvalue weighted by Crippen LogP contribution is 2.26. The minimum atomic E-state index is -0.449. The van der Waals surface area contributed by atoms with Crippen LogP contribution in [0.2, 0.25) is 0 Å². The number of primary amides is 1. The van der Waals surface area contributed by atoms with Gasteiger partial charge in [0, 0.05) is 18.7 Å². The number of carbonyl (C=O) groups is 2. The van der Waals surface area contributed by atoms with Gasteiger partial charge in [-0.05, 0) is 24.3 Å². The zero-order chi connectivity index (χ0) is 11.7. The number of nitrogens with two attached hydrogens (primary N) is 1. The average Bonchev–Trinajstić information content (AvgIpc) is 2.62. The molecule has 1 aliphatic heterocycles. The van der Waals surface area contributed by atoms with Crippen LogP contribution in [0.25, 0.3) is 0 Å². The van der Waals surface area contributed by atoms with Crippen molar-refractivity contribution in [1.29, 1.82) is 0 Å². The Morgan fingerprint density at radius 1 is 1.38 bits per heavy atom. The molecule has 0 bridgehead atoms. The van der Waals surface area contributed by atoms with Gasteiger partial charge in [-0.1, -0.05) is 0 Å². The lowest BCUT2D eigenvalue weighted by Gasteiger charge is -2.15. The summed E-state index contributed by atoms with van der Waals surface area (Å²) in [7, 11) is 0. The summed E-state index contributed by atoms with van der Waals surface area (Å²) in [5, 5.41) is 9.13. The van der Waals surface area contributed by atoms with Gasteiger partial charge in [0.05, 0.1) is 5.92 Å². The van der Waals surface area contributed by atoms with E-state index in [1.807, 2.05) is 0 Å². The van der Waals surface area contributed by atoms with Gasteiger partial charge in [-0.15, -0.1) is 0 Å². The van der Waals surface area contributed by atoms with Crippen molar-refractivity contribution in [1.82, 2.24) is 0 Å². The number of hydrogen-bond acceptors (Lipinski definition) is 3. The highest BCUT2D eigenvalue weighted by molar-refractivity contribution is 6.00. The van der Waals surface area contributed by atoms with Crippen molar-refractivity contribution < 1.29 is 14.7 Å². The predicted octanol–water partition coefficient (Wildman–Crippen LogP) is 0.230. The number of nitrogens with zero attached hydrogens (tertiary/aromatic N) is 1. The molecule has 1 atom stereocenters. The van der Waals surface area contributed by atoms with Crippen molar-refractivity contribution in [2.75, 3.05) is 11.4 Å². The van der Waals surface area contributed by atoms with Crippen LogP contribution in [-0.2, 0) is 9.59 Å². The van der Waals surface area contributed by atoms with Crippen molar-refractivity contribution in [2.24, 2.45) is 11.7 Å². The molecule has 5 heteroatoms. The van der Waals surface area contributed by atoms with Gasteiger partial charge >= 0.3 is 0 Å². The summed E-state index contributed by atoms with van der Waals surface area (Å²) in [6, 6.07) is 6.27. The maximum absolute atomic E-state index is 11.6.